The fraction of sp³-hybridized carbons (Fsp3) is 0.300. The monoisotopic (exact) mass is 244 g/mol. The minimum atomic E-state index is -0.534. The maximum absolute atomic E-state index is 13.3. The lowest BCUT2D eigenvalue weighted by atomic mass is 10.0. The first-order valence-corrected chi connectivity index (χ1v) is 4.85. The van der Waals surface area contributed by atoms with Crippen LogP contribution in [0.15, 0.2) is 18.2 Å². The van der Waals surface area contributed by atoms with Crippen molar-refractivity contribution in [2.75, 3.05) is 0 Å². The van der Waals surface area contributed by atoms with E-state index in [1.54, 1.807) is 19.1 Å². The first kappa shape index (κ1) is 10.4. The standard InChI is InChI=1S/C10H10BrFO/c1-6-4-3-5-8(12)9(6)10(11)7(2)13/h3-5,10H,1-2H3. The van der Waals surface area contributed by atoms with Crippen LogP contribution in [0, 0.1) is 12.7 Å². The van der Waals surface area contributed by atoms with Crippen LogP contribution in [-0.4, -0.2) is 5.78 Å². The first-order valence-electron chi connectivity index (χ1n) is 3.93. The van der Waals surface area contributed by atoms with E-state index in [2.05, 4.69) is 15.9 Å². The SMILES string of the molecule is CC(=O)C(Br)c1c(C)cccc1F. The number of rotatable bonds is 2. The Labute approximate surface area is 85.1 Å². The molecular formula is C10H10BrFO. The number of carbonyl (C=O) groups is 1. The third-order valence-corrected chi connectivity index (χ3v) is 2.98. The summed E-state index contributed by atoms with van der Waals surface area (Å²) < 4.78 is 13.3. The molecule has 0 saturated carbocycles. The molecule has 0 bridgehead atoms. The molecule has 0 aliphatic heterocycles. The number of hydrogen-bond donors (Lipinski definition) is 0. The number of alkyl halides is 1. The molecule has 0 N–H and O–H groups in total. The van der Waals surface area contributed by atoms with Crippen molar-refractivity contribution in [3.63, 3.8) is 0 Å². The molecule has 3 heteroatoms. The van der Waals surface area contributed by atoms with Crippen LogP contribution in [0.3, 0.4) is 0 Å². The molecule has 1 aromatic rings. The molecule has 0 fully saturated rings. The van der Waals surface area contributed by atoms with Crippen molar-refractivity contribution >= 4 is 21.7 Å². The van der Waals surface area contributed by atoms with Crippen molar-refractivity contribution in [2.24, 2.45) is 0 Å². The van der Waals surface area contributed by atoms with Gasteiger partial charge in [-0.15, -0.1) is 0 Å². The highest BCUT2D eigenvalue weighted by atomic mass is 79.9. The van der Waals surface area contributed by atoms with Gasteiger partial charge >= 0.3 is 0 Å². The van der Waals surface area contributed by atoms with E-state index in [9.17, 15) is 9.18 Å². The summed E-state index contributed by atoms with van der Waals surface area (Å²) in [7, 11) is 0. The number of carbonyl (C=O) groups excluding carboxylic acids is 1. The topological polar surface area (TPSA) is 17.1 Å². The summed E-state index contributed by atoms with van der Waals surface area (Å²) in [5.41, 5.74) is 1.23. The molecule has 1 aromatic carbocycles. The van der Waals surface area contributed by atoms with Gasteiger partial charge in [0.2, 0.25) is 0 Å². The van der Waals surface area contributed by atoms with Crippen molar-refractivity contribution in [2.45, 2.75) is 18.7 Å². The van der Waals surface area contributed by atoms with Gasteiger partial charge in [0.25, 0.3) is 0 Å². The van der Waals surface area contributed by atoms with Crippen molar-refractivity contribution < 1.29 is 9.18 Å². The highest BCUT2D eigenvalue weighted by Crippen LogP contribution is 2.28. The van der Waals surface area contributed by atoms with E-state index in [4.69, 9.17) is 0 Å². The molecule has 0 aliphatic carbocycles. The number of halogens is 2. The number of benzene rings is 1. The van der Waals surface area contributed by atoms with Gasteiger partial charge in [0.1, 0.15) is 16.4 Å². The summed E-state index contributed by atoms with van der Waals surface area (Å²) in [6.07, 6.45) is 0. The number of ketones is 1. The minimum absolute atomic E-state index is 0.0896. The first-order chi connectivity index (χ1) is 6.04. The van der Waals surface area contributed by atoms with Crippen LogP contribution in [0.2, 0.25) is 0 Å². The summed E-state index contributed by atoms with van der Waals surface area (Å²) in [5.74, 6) is -0.426. The minimum Gasteiger partial charge on any atom is -0.298 e. The molecule has 0 spiro atoms. The second kappa shape index (κ2) is 4.01. The second-order valence-corrected chi connectivity index (χ2v) is 3.86. The van der Waals surface area contributed by atoms with E-state index >= 15 is 0 Å². The molecule has 0 aliphatic rings. The van der Waals surface area contributed by atoms with Gasteiger partial charge in [-0.25, -0.2) is 4.39 Å². The fourth-order valence-corrected chi connectivity index (χ4v) is 1.75. The van der Waals surface area contributed by atoms with Crippen LogP contribution in [0.5, 0.6) is 0 Å². The molecule has 1 atom stereocenters. The van der Waals surface area contributed by atoms with Gasteiger partial charge in [-0.2, -0.15) is 0 Å². The van der Waals surface area contributed by atoms with Gasteiger partial charge in [-0.3, -0.25) is 4.79 Å². The Hall–Kier alpha value is -0.700. The van der Waals surface area contributed by atoms with Crippen LogP contribution < -0.4 is 0 Å². The lowest BCUT2D eigenvalue weighted by Crippen LogP contribution is -2.05. The molecule has 0 saturated heterocycles. The Balaban J connectivity index is 3.20. The van der Waals surface area contributed by atoms with Gasteiger partial charge < -0.3 is 0 Å². The van der Waals surface area contributed by atoms with Crippen molar-refractivity contribution in [3.05, 3.63) is 35.1 Å². The number of hydrogen-bond acceptors (Lipinski definition) is 1. The average Bonchev–Trinajstić information content (AvgIpc) is 2.03. The van der Waals surface area contributed by atoms with Crippen molar-refractivity contribution in [1.82, 2.24) is 0 Å². The highest BCUT2D eigenvalue weighted by Gasteiger charge is 2.18. The number of Topliss-reactive ketones (excluding diaryl/α,β-unsaturated/α-hetero) is 1. The summed E-state index contributed by atoms with van der Waals surface area (Å²) in [5, 5.41) is 0. The smallest absolute Gasteiger partial charge is 0.147 e. The summed E-state index contributed by atoms with van der Waals surface area (Å²) in [6, 6.07) is 4.78. The van der Waals surface area contributed by atoms with E-state index in [0.717, 1.165) is 5.56 Å². The van der Waals surface area contributed by atoms with E-state index in [0.29, 0.717) is 5.56 Å². The van der Waals surface area contributed by atoms with E-state index in [-0.39, 0.29) is 11.6 Å². The fourth-order valence-electron chi connectivity index (χ4n) is 1.17. The van der Waals surface area contributed by atoms with Crippen LogP contribution in [0.25, 0.3) is 0 Å². The van der Waals surface area contributed by atoms with E-state index < -0.39 is 4.83 Å². The maximum Gasteiger partial charge on any atom is 0.147 e. The largest absolute Gasteiger partial charge is 0.298 e. The molecule has 1 nitrogen and oxygen atoms in total. The van der Waals surface area contributed by atoms with E-state index in [1.807, 2.05) is 0 Å². The van der Waals surface area contributed by atoms with Crippen LogP contribution >= 0.6 is 15.9 Å². The Morgan fingerprint density at radius 2 is 2.15 bits per heavy atom. The lowest BCUT2D eigenvalue weighted by molar-refractivity contribution is -0.116. The van der Waals surface area contributed by atoms with Crippen LogP contribution in [0.1, 0.15) is 22.9 Å². The van der Waals surface area contributed by atoms with E-state index in [1.165, 1.54) is 13.0 Å². The summed E-state index contributed by atoms with van der Waals surface area (Å²) >= 11 is 3.16. The van der Waals surface area contributed by atoms with Gasteiger partial charge in [0, 0.05) is 5.56 Å². The third-order valence-electron chi connectivity index (χ3n) is 1.88. The Morgan fingerprint density at radius 3 is 2.62 bits per heavy atom. The number of aryl methyl sites for hydroxylation is 1. The normalized spacial score (nSPS) is 12.6. The van der Waals surface area contributed by atoms with Gasteiger partial charge in [-0.05, 0) is 25.5 Å². The zero-order valence-corrected chi connectivity index (χ0v) is 9.06. The summed E-state index contributed by atoms with van der Waals surface area (Å²) in [6.45, 7) is 3.22. The molecule has 0 heterocycles. The molecule has 1 rings (SSSR count). The average molecular weight is 245 g/mol. The predicted molar refractivity (Wildman–Crippen MR) is 53.5 cm³/mol. The second-order valence-electron chi connectivity index (χ2n) is 2.94. The Bertz CT molecular complexity index is 315. The molecule has 70 valence electrons. The van der Waals surface area contributed by atoms with Gasteiger partial charge in [0.15, 0.2) is 0 Å². The predicted octanol–water partition coefficient (Wildman–Crippen LogP) is 3.16. The molecule has 13 heavy (non-hydrogen) atoms. The quantitative estimate of drug-likeness (QED) is 0.731. The lowest BCUT2D eigenvalue weighted by Gasteiger charge is -2.10. The van der Waals surface area contributed by atoms with Gasteiger partial charge in [0.05, 0.1) is 0 Å². The zero-order chi connectivity index (χ0) is 10.0. The Morgan fingerprint density at radius 1 is 1.54 bits per heavy atom. The highest BCUT2D eigenvalue weighted by molar-refractivity contribution is 9.09. The van der Waals surface area contributed by atoms with Crippen molar-refractivity contribution in [1.29, 1.82) is 0 Å². The van der Waals surface area contributed by atoms with Crippen molar-refractivity contribution in [3.8, 4) is 0 Å². The maximum atomic E-state index is 13.3. The van der Waals surface area contributed by atoms with Gasteiger partial charge in [-0.1, -0.05) is 28.1 Å². The molecule has 1 unspecified atom stereocenters. The van der Waals surface area contributed by atoms with Crippen LogP contribution in [-0.2, 0) is 4.79 Å². The molecule has 0 amide bonds. The molecular weight excluding hydrogens is 235 g/mol. The zero-order valence-electron chi connectivity index (χ0n) is 7.47. The molecule has 0 radical (unpaired) electrons. The Kier molecular flexibility index (Phi) is 3.20. The van der Waals surface area contributed by atoms with Crippen LogP contribution in [0.4, 0.5) is 4.39 Å². The third kappa shape index (κ3) is 2.15. The summed E-state index contributed by atoms with van der Waals surface area (Å²) in [4.78, 5) is 10.5. The molecule has 0 aromatic heterocycles.